The molecule has 2 amide bonds. The molecule has 156 valence electrons. The van der Waals surface area contributed by atoms with E-state index in [9.17, 15) is 35.9 Å². The van der Waals surface area contributed by atoms with Crippen LogP contribution in [0.25, 0.3) is 0 Å². The van der Waals surface area contributed by atoms with Crippen molar-refractivity contribution in [3.8, 4) is 0 Å². The molecule has 3 N–H and O–H groups in total. The number of halogens is 6. The fourth-order valence-electron chi connectivity index (χ4n) is 2.63. The summed E-state index contributed by atoms with van der Waals surface area (Å²) in [6.45, 7) is 1.78. The molecular weight excluding hydrogens is 402 g/mol. The number of carbonyl (C=O) groups excluding carboxylic acids is 2. The van der Waals surface area contributed by atoms with Gasteiger partial charge in [-0.15, -0.1) is 0 Å². The predicted octanol–water partition coefficient (Wildman–Crippen LogP) is 3.86. The highest BCUT2D eigenvalue weighted by atomic mass is 19.4. The first-order valence-corrected chi connectivity index (χ1v) is 8.22. The molecule has 0 heterocycles. The minimum Gasteiger partial charge on any atom is -0.368 e. The minimum atomic E-state index is -5.10. The van der Waals surface area contributed by atoms with Gasteiger partial charge in [-0.05, 0) is 30.7 Å². The highest BCUT2D eigenvalue weighted by Gasteiger charge is 2.37. The molecule has 0 aliphatic carbocycles. The number of carbonyl (C=O) groups is 2. The third-order valence-electron chi connectivity index (χ3n) is 4.02. The largest absolute Gasteiger partial charge is 0.416 e. The van der Waals surface area contributed by atoms with Crippen molar-refractivity contribution in [2.45, 2.75) is 31.7 Å². The lowest BCUT2D eigenvalue weighted by molar-refractivity contribution is -0.143. The maximum absolute atomic E-state index is 12.9. The van der Waals surface area contributed by atoms with E-state index in [-0.39, 0.29) is 24.6 Å². The molecule has 0 fully saturated rings. The molecule has 2 aromatic rings. The van der Waals surface area contributed by atoms with Gasteiger partial charge in [0, 0.05) is 12.0 Å². The summed E-state index contributed by atoms with van der Waals surface area (Å²) in [6.07, 6.45) is -10.3. The van der Waals surface area contributed by atoms with Gasteiger partial charge in [-0.1, -0.05) is 29.8 Å². The van der Waals surface area contributed by atoms with Gasteiger partial charge in [-0.25, -0.2) is 0 Å². The zero-order valence-corrected chi connectivity index (χ0v) is 15.0. The molecule has 0 saturated heterocycles. The van der Waals surface area contributed by atoms with Gasteiger partial charge in [-0.2, -0.15) is 26.3 Å². The first-order valence-electron chi connectivity index (χ1n) is 8.22. The molecule has 29 heavy (non-hydrogen) atoms. The number of amides is 2. The van der Waals surface area contributed by atoms with Crippen LogP contribution < -0.4 is 11.1 Å². The Morgan fingerprint density at radius 2 is 1.52 bits per heavy atom. The second-order valence-corrected chi connectivity index (χ2v) is 6.42. The van der Waals surface area contributed by atoms with Gasteiger partial charge in [0.15, 0.2) is 0 Å². The van der Waals surface area contributed by atoms with E-state index < -0.39 is 46.9 Å². The normalized spacial score (nSPS) is 13.1. The number of benzene rings is 2. The molecule has 0 spiro atoms. The van der Waals surface area contributed by atoms with E-state index in [4.69, 9.17) is 5.73 Å². The van der Waals surface area contributed by atoms with Crippen molar-refractivity contribution in [2.24, 2.45) is 5.73 Å². The van der Waals surface area contributed by atoms with Crippen molar-refractivity contribution in [1.82, 2.24) is 5.32 Å². The Balaban J connectivity index is 2.35. The van der Waals surface area contributed by atoms with Crippen molar-refractivity contribution < 1.29 is 35.9 Å². The molecule has 0 aromatic heterocycles. The van der Waals surface area contributed by atoms with E-state index in [2.05, 4.69) is 5.32 Å². The first kappa shape index (κ1) is 22.3. The van der Waals surface area contributed by atoms with E-state index in [1.165, 1.54) is 0 Å². The van der Waals surface area contributed by atoms with Gasteiger partial charge in [0.2, 0.25) is 5.91 Å². The fraction of sp³-hybridized carbons (Fsp3) is 0.263. The summed E-state index contributed by atoms with van der Waals surface area (Å²) < 4.78 is 77.7. The second-order valence-electron chi connectivity index (χ2n) is 6.42. The van der Waals surface area contributed by atoms with Crippen molar-refractivity contribution >= 4 is 11.8 Å². The van der Waals surface area contributed by atoms with Crippen molar-refractivity contribution in [1.29, 1.82) is 0 Å². The molecular formula is C19H16F6N2O2. The molecule has 10 heteroatoms. The Hall–Kier alpha value is -3.04. The van der Waals surface area contributed by atoms with E-state index in [1.807, 2.05) is 0 Å². The molecule has 0 aliphatic rings. The molecule has 2 aromatic carbocycles. The van der Waals surface area contributed by atoms with Crippen LogP contribution in [0.4, 0.5) is 26.3 Å². The zero-order valence-electron chi connectivity index (χ0n) is 15.0. The summed E-state index contributed by atoms with van der Waals surface area (Å²) in [7, 11) is 0. The van der Waals surface area contributed by atoms with E-state index in [0.29, 0.717) is 5.56 Å². The Morgan fingerprint density at radius 3 is 1.97 bits per heavy atom. The van der Waals surface area contributed by atoms with Gasteiger partial charge < -0.3 is 11.1 Å². The number of primary amides is 1. The summed E-state index contributed by atoms with van der Waals surface area (Å²) in [5.74, 6) is -2.26. The van der Waals surface area contributed by atoms with E-state index >= 15 is 0 Å². The van der Waals surface area contributed by atoms with Crippen molar-refractivity contribution in [2.75, 3.05) is 0 Å². The minimum absolute atomic E-state index is 0.0756. The zero-order chi connectivity index (χ0) is 22.0. The number of rotatable bonds is 5. The van der Waals surface area contributed by atoms with Gasteiger partial charge in [-0.3, -0.25) is 9.59 Å². The molecule has 4 nitrogen and oxygen atoms in total. The lowest BCUT2D eigenvalue weighted by atomic mass is 10.0. The summed E-state index contributed by atoms with van der Waals surface area (Å²) in [4.78, 5) is 24.0. The summed E-state index contributed by atoms with van der Waals surface area (Å²) >= 11 is 0. The summed E-state index contributed by atoms with van der Waals surface area (Å²) in [6, 6.07) is 5.97. The predicted molar refractivity (Wildman–Crippen MR) is 91.8 cm³/mol. The van der Waals surface area contributed by atoms with Gasteiger partial charge in [0.1, 0.15) is 6.04 Å². The average molecular weight is 418 g/mol. The molecule has 0 aliphatic heterocycles. The highest BCUT2D eigenvalue weighted by molar-refractivity contribution is 5.97. The number of aryl methyl sites for hydroxylation is 1. The Bertz CT molecular complexity index is 889. The number of alkyl halides is 6. The Morgan fingerprint density at radius 1 is 0.966 bits per heavy atom. The number of nitrogens with one attached hydrogen (secondary N) is 1. The fourth-order valence-corrected chi connectivity index (χ4v) is 2.63. The van der Waals surface area contributed by atoms with Crippen LogP contribution in [0.1, 0.15) is 32.6 Å². The van der Waals surface area contributed by atoms with Gasteiger partial charge in [0.25, 0.3) is 5.91 Å². The molecule has 1 atom stereocenters. The van der Waals surface area contributed by atoms with Gasteiger partial charge in [0.05, 0.1) is 11.1 Å². The SMILES string of the molecule is Cc1cccc(C[C@@H](NC(=O)c2cc(C(F)(F)F)cc(C(F)(F)F)c2)C(N)=O)c1. The van der Waals surface area contributed by atoms with Gasteiger partial charge >= 0.3 is 12.4 Å². The van der Waals surface area contributed by atoms with Crippen LogP contribution >= 0.6 is 0 Å². The number of hydrogen-bond acceptors (Lipinski definition) is 2. The quantitative estimate of drug-likeness (QED) is 0.724. The molecule has 2 rings (SSSR count). The van der Waals surface area contributed by atoms with Crippen LogP contribution in [0.5, 0.6) is 0 Å². The van der Waals surface area contributed by atoms with Crippen LogP contribution in [0.15, 0.2) is 42.5 Å². The first-order chi connectivity index (χ1) is 13.3. The summed E-state index contributed by atoms with van der Waals surface area (Å²) in [5, 5.41) is 2.11. The smallest absolute Gasteiger partial charge is 0.368 e. The Kier molecular flexibility index (Phi) is 6.24. The second kappa shape index (κ2) is 8.14. The summed E-state index contributed by atoms with van der Waals surface area (Å²) in [5.41, 5.74) is 2.54. The monoisotopic (exact) mass is 418 g/mol. The molecule has 0 saturated carbocycles. The maximum atomic E-state index is 12.9. The lowest BCUT2D eigenvalue weighted by Crippen LogP contribution is -2.46. The third-order valence-corrected chi connectivity index (χ3v) is 4.02. The van der Waals surface area contributed by atoms with E-state index in [1.54, 1.807) is 31.2 Å². The van der Waals surface area contributed by atoms with E-state index in [0.717, 1.165) is 5.56 Å². The molecule has 0 radical (unpaired) electrons. The van der Waals surface area contributed by atoms with Crippen LogP contribution in [0, 0.1) is 6.92 Å². The topological polar surface area (TPSA) is 72.2 Å². The maximum Gasteiger partial charge on any atom is 0.416 e. The lowest BCUT2D eigenvalue weighted by Gasteiger charge is -2.18. The Labute approximate surface area is 161 Å². The van der Waals surface area contributed by atoms with Crippen LogP contribution in [-0.2, 0) is 23.6 Å². The third kappa shape index (κ3) is 5.97. The standard InChI is InChI=1S/C19H16F6N2O2/c1-10-3-2-4-11(5-10)6-15(16(26)28)27-17(29)12-7-13(18(20,21)22)9-14(8-12)19(23,24)25/h2-5,7-9,15H,6H2,1H3,(H2,26,28)(H,27,29)/t15-/m1/s1. The van der Waals surface area contributed by atoms with Crippen molar-refractivity contribution in [3.63, 3.8) is 0 Å². The average Bonchev–Trinajstić information content (AvgIpc) is 2.59. The highest BCUT2D eigenvalue weighted by Crippen LogP contribution is 2.36. The van der Waals surface area contributed by atoms with Crippen LogP contribution in [0.3, 0.4) is 0 Å². The van der Waals surface area contributed by atoms with Crippen molar-refractivity contribution in [3.05, 3.63) is 70.3 Å². The molecule has 0 bridgehead atoms. The van der Waals surface area contributed by atoms with Crippen LogP contribution in [-0.4, -0.2) is 17.9 Å². The molecule has 0 unspecified atom stereocenters. The number of nitrogens with two attached hydrogens (primary N) is 1. The number of hydrogen-bond donors (Lipinski definition) is 2. The van der Waals surface area contributed by atoms with Crippen LogP contribution in [0.2, 0.25) is 0 Å².